The normalized spacial score (nSPS) is 16.4. The van der Waals surface area contributed by atoms with Crippen molar-refractivity contribution in [3.63, 3.8) is 0 Å². The lowest BCUT2D eigenvalue weighted by atomic mass is 9.98. The molecule has 1 aliphatic heterocycles. The van der Waals surface area contributed by atoms with Crippen molar-refractivity contribution in [2.24, 2.45) is 5.10 Å². The van der Waals surface area contributed by atoms with Gasteiger partial charge in [-0.3, -0.25) is 4.79 Å². The molecule has 3 nitrogen and oxygen atoms in total. The minimum absolute atomic E-state index is 0.124. The summed E-state index contributed by atoms with van der Waals surface area (Å²) in [5.41, 5.74) is 3.43. The lowest BCUT2D eigenvalue weighted by molar-refractivity contribution is 0.0711. The van der Waals surface area contributed by atoms with Crippen molar-refractivity contribution in [1.82, 2.24) is 5.01 Å². The molecule has 1 amide bonds. The van der Waals surface area contributed by atoms with Crippen molar-refractivity contribution in [1.29, 1.82) is 0 Å². The zero-order valence-electron chi connectivity index (χ0n) is 14.0. The lowest BCUT2D eigenvalue weighted by Crippen LogP contribution is -2.27. The van der Waals surface area contributed by atoms with Crippen LogP contribution in [-0.2, 0) is 0 Å². The molecular formula is C22H17ClN2O. The number of halogens is 1. The van der Waals surface area contributed by atoms with Crippen LogP contribution in [0.3, 0.4) is 0 Å². The minimum atomic E-state index is -0.216. The molecule has 0 radical (unpaired) electrons. The van der Waals surface area contributed by atoms with Crippen LogP contribution in [0, 0.1) is 0 Å². The average Bonchev–Trinajstić information content (AvgIpc) is 3.14. The van der Waals surface area contributed by atoms with Gasteiger partial charge in [-0.05, 0) is 29.3 Å². The van der Waals surface area contributed by atoms with Crippen LogP contribution < -0.4 is 0 Å². The Bertz CT molecular complexity index is 954. The maximum Gasteiger partial charge on any atom is 0.274 e. The van der Waals surface area contributed by atoms with Crippen molar-refractivity contribution in [3.05, 3.63) is 107 Å². The number of benzene rings is 3. The van der Waals surface area contributed by atoms with Crippen LogP contribution in [0.4, 0.5) is 0 Å². The Labute approximate surface area is 157 Å². The van der Waals surface area contributed by atoms with E-state index < -0.39 is 0 Å². The molecule has 0 fully saturated rings. The first-order valence-electron chi connectivity index (χ1n) is 8.50. The van der Waals surface area contributed by atoms with Crippen LogP contribution in [-0.4, -0.2) is 16.6 Å². The Kier molecular flexibility index (Phi) is 4.55. The maximum atomic E-state index is 13.1. The van der Waals surface area contributed by atoms with Gasteiger partial charge < -0.3 is 0 Å². The van der Waals surface area contributed by atoms with E-state index in [2.05, 4.69) is 5.10 Å². The predicted octanol–water partition coefficient (Wildman–Crippen LogP) is 5.33. The average molecular weight is 361 g/mol. The third-order valence-electron chi connectivity index (χ3n) is 4.51. The van der Waals surface area contributed by atoms with Crippen LogP contribution in [0.1, 0.15) is 33.9 Å². The van der Waals surface area contributed by atoms with Gasteiger partial charge in [0, 0.05) is 17.0 Å². The maximum absolute atomic E-state index is 13.1. The van der Waals surface area contributed by atoms with Gasteiger partial charge in [0.25, 0.3) is 5.91 Å². The largest absolute Gasteiger partial charge is 0.274 e. The van der Waals surface area contributed by atoms with Crippen molar-refractivity contribution >= 4 is 23.2 Å². The van der Waals surface area contributed by atoms with Crippen LogP contribution in [0.2, 0.25) is 5.02 Å². The van der Waals surface area contributed by atoms with Crippen LogP contribution in [0.5, 0.6) is 0 Å². The summed E-state index contributed by atoms with van der Waals surface area (Å²) in [5, 5.41) is 6.89. The number of nitrogens with zero attached hydrogens (tertiary/aromatic N) is 2. The highest BCUT2D eigenvalue weighted by molar-refractivity contribution is 6.31. The van der Waals surface area contributed by atoms with Crippen LogP contribution in [0.25, 0.3) is 0 Å². The molecule has 0 bridgehead atoms. The Morgan fingerprint density at radius 3 is 2.19 bits per heavy atom. The second-order valence-corrected chi connectivity index (χ2v) is 6.58. The second kappa shape index (κ2) is 7.14. The van der Waals surface area contributed by atoms with Crippen LogP contribution >= 0.6 is 11.6 Å². The van der Waals surface area contributed by atoms with Crippen molar-refractivity contribution in [2.45, 2.75) is 12.5 Å². The predicted molar refractivity (Wildman–Crippen MR) is 104 cm³/mol. The van der Waals surface area contributed by atoms with E-state index in [1.165, 1.54) is 0 Å². The molecule has 1 atom stereocenters. The number of hydrogen-bond acceptors (Lipinski definition) is 2. The molecule has 0 aromatic heterocycles. The fourth-order valence-corrected chi connectivity index (χ4v) is 3.46. The molecule has 1 heterocycles. The van der Waals surface area contributed by atoms with E-state index >= 15 is 0 Å². The molecular weight excluding hydrogens is 344 g/mol. The Morgan fingerprint density at radius 2 is 1.50 bits per heavy atom. The first-order valence-corrected chi connectivity index (χ1v) is 8.88. The fraction of sp³-hybridized carbons (Fsp3) is 0.0909. The van der Waals surface area contributed by atoms with Gasteiger partial charge in [-0.2, -0.15) is 5.10 Å². The van der Waals surface area contributed by atoms with Crippen molar-refractivity contribution in [2.75, 3.05) is 0 Å². The number of carbonyl (C=O) groups is 1. The van der Waals surface area contributed by atoms with E-state index in [-0.39, 0.29) is 11.9 Å². The molecule has 3 aromatic rings. The van der Waals surface area contributed by atoms with Gasteiger partial charge >= 0.3 is 0 Å². The molecule has 0 aliphatic carbocycles. The summed E-state index contributed by atoms with van der Waals surface area (Å²) in [5.74, 6) is -0.124. The van der Waals surface area contributed by atoms with Crippen LogP contribution in [0.15, 0.2) is 90.0 Å². The highest BCUT2D eigenvalue weighted by atomic mass is 35.5. The molecule has 1 unspecified atom stereocenters. The van der Waals surface area contributed by atoms with Gasteiger partial charge in [-0.25, -0.2) is 5.01 Å². The summed E-state index contributed by atoms with van der Waals surface area (Å²) in [6.45, 7) is 0. The van der Waals surface area contributed by atoms with Gasteiger partial charge in [-0.15, -0.1) is 0 Å². The topological polar surface area (TPSA) is 32.7 Å². The summed E-state index contributed by atoms with van der Waals surface area (Å²) in [7, 11) is 0. The van der Waals surface area contributed by atoms with Gasteiger partial charge in [0.15, 0.2) is 0 Å². The SMILES string of the molecule is O=C(c1ccccc1)N1N=C(c2ccccc2)CC1c1ccccc1Cl. The summed E-state index contributed by atoms with van der Waals surface area (Å²) in [4.78, 5) is 13.1. The zero-order chi connectivity index (χ0) is 17.9. The molecule has 1 aliphatic rings. The van der Waals surface area contributed by atoms with Gasteiger partial charge in [0.05, 0.1) is 11.8 Å². The van der Waals surface area contributed by atoms with E-state index in [0.29, 0.717) is 17.0 Å². The van der Waals surface area contributed by atoms with Gasteiger partial charge in [0.1, 0.15) is 0 Å². The Morgan fingerprint density at radius 1 is 0.885 bits per heavy atom. The van der Waals surface area contributed by atoms with E-state index in [0.717, 1.165) is 16.8 Å². The zero-order valence-corrected chi connectivity index (χ0v) is 14.8. The summed E-state index contributed by atoms with van der Waals surface area (Å²) in [6, 6.07) is 26.6. The minimum Gasteiger partial charge on any atom is -0.267 e. The van der Waals surface area contributed by atoms with Crippen molar-refractivity contribution < 1.29 is 4.79 Å². The van der Waals surface area contributed by atoms with E-state index in [1.807, 2.05) is 84.9 Å². The Balaban J connectivity index is 1.76. The van der Waals surface area contributed by atoms with Gasteiger partial charge in [-0.1, -0.05) is 78.3 Å². The second-order valence-electron chi connectivity index (χ2n) is 6.17. The number of hydrogen-bond donors (Lipinski definition) is 0. The summed E-state index contributed by atoms with van der Waals surface area (Å²) >= 11 is 6.43. The molecule has 4 rings (SSSR count). The van der Waals surface area contributed by atoms with Gasteiger partial charge in [0.2, 0.25) is 0 Å². The first-order chi connectivity index (χ1) is 12.7. The molecule has 4 heteroatoms. The quantitative estimate of drug-likeness (QED) is 0.621. The monoisotopic (exact) mass is 360 g/mol. The third-order valence-corrected chi connectivity index (χ3v) is 4.85. The highest BCUT2D eigenvalue weighted by Gasteiger charge is 2.34. The molecule has 26 heavy (non-hydrogen) atoms. The van der Waals surface area contributed by atoms with Crippen molar-refractivity contribution in [3.8, 4) is 0 Å². The smallest absolute Gasteiger partial charge is 0.267 e. The number of rotatable bonds is 3. The van der Waals surface area contributed by atoms with E-state index in [9.17, 15) is 4.79 Å². The number of amides is 1. The number of carbonyl (C=O) groups excluding carboxylic acids is 1. The molecule has 0 spiro atoms. The molecule has 128 valence electrons. The standard InChI is InChI=1S/C22H17ClN2O/c23-19-14-8-7-13-18(19)21-15-20(16-9-3-1-4-10-16)24-25(21)22(26)17-11-5-2-6-12-17/h1-14,21H,15H2. The van der Waals surface area contributed by atoms with E-state index in [4.69, 9.17) is 11.6 Å². The molecule has 0 saturated carbocycles. The lowest BCUT2D eigenvalue weighted by Gasteiger charge is -2.23. The number of hydrazone groups is 1. The fourth-order valence-electron chi connectivity index (χ4n) is 3.20. The van der Waals surface area contributed by atoms with E-state index in [1.54, 1.807) is 5.01 Å². The first kappa shape index (κ1) is 16.6. The Hall–Kier alpha value is -2.91. The third kappa shape index (κ3) is 3.14. The highest BCUT2D eigenvalue weighted by Crippen LogP contribution is 2.37. The summed E-state index contributed by atoms with van der Waals surface area (Å²) < 4.78 is 0. The molecule has 0 saturated heterocycles. The summed E-state index contributed by atoms with van der Waals surface area (Å²) in [6.07, 6.45) is 0.631. The molecule has 3 aromatic carbocycles. The molecule has 0 N–H and O–H groups in total.